The molecule has 0 bridgehead atoms. The van der Waals surface area contributed by atoms with E-state index in [1.165, 1.54) is 36.9 Å². The first-order chi connectivity index (χ1) is 20.0. The molecule has 1 aromatic carbocycles. The lowest BCUT2D eigenvalue weighted by Gasteiger charge is -2.16. The van der Waals surface area contributed by atoms with Crippen LogP contribution in [0.5, 0.6) is 5.75 Å². The van der Waals surface area contributed by atoms with Crippen LogP contribution in [-0.2, 0) is 6.54 Å². The molecule has 41 heavy (non-hydrogen) atoms. The Hall–Kier alpha value is -4.83. The lowest BCUT2D eigenvalue weighted by Crippen LogP contribution is -2.18. The van der Waals surface area contributed by atoms with E-state index in [0.29, 0.717) is 22.3 Å². The molecule has 1 unspecified atom stereocenters. The predicted molar refractivity (Wildman–Crippen MR) is 156 cm³/mol. The SMILES string of the molecule is CC(c1cc2ccccn2c1-c1ccc(CN2CCCC2)cn1)n1nc(-c2cc(O)cc(F)c2)c2c(N)ncnc21. The van der Waals surface area contributed by atoms with E-state index in [2.05, 4.69) is 43.5 Å². The van der Waals surface area contributed by atoms with E-state index in [-0.39, 0.29) is 17.6 Å². The van der Waals surface area contributed by atoms with Crippen molar-refractivity contribution in [2.45, 2.75) is 32.4 Å². The second-order valence-electron chi connectivity index (χ2n) is 10.6. The first-order valence-corrected chi connectivity index (χ1v) is 13.7. The van der Waals surface area contributed by atoms with Crippen LogP contribution >= 0.6 is 0 Å². The van der Waals surface area contributed by atoms with Crippen molar-refractivity contribution >= 4 is 22.4 Å². The second kappa shape index (κ2) is 9.97. The number of anilines is 1. The van der Waals surface area contributed by atoms with Crippen molar-refractivity contribution in [3.05, 3.63) is 90.3 Å². The lowest BCUT2D eigenvalue weighted by molar-refractivity contribution is 0.331. The molecule has 1 saturated heterocycles. The van der Waals surface area contributed by atoms with Gasteiger partial charge in [0.15, 0.2) is 5.65 Å². The molecule has 10 heteroatoms. The highest BCUT2D eigenvalue weighted by molar-refractivity contribution is 5.98. The topological polar surface area (TPSA) is 110 Å². The Morgan fingerprint density at radius 2 is 1.88 bits per heavy atom. The smallest absolute Gasteiger partial charge is 0.164 e. The Bertz CT molecular complexity index is 1870. The summed E-state index contributed by atoms with van der Waals surface area (Å²) in [6.07, 6.45) is 7.90. The highest BCUT2D eigenvalue weighted by atomic mass is 19.1. The van der Waals surface area contributed by atoms with Gasteiger partial charge in [0.2, 0.25) is 0 Å². The van der Waals surface area contributed by atoms with Gasteiger partial charge in [-0.2, -0.15) is 5.10 Å². The third kappa shape index (κ3) is 4.46. The standard InChI is InChI=1S/C31H29FN8O/c1-19(40-31-27(30(33)35-18-36-31)28(37-40)21-12-22(32)14-24(41)13-21)25-15-23-6-2-3-11-39(23)29(25)26-8-7-20(16-34-26)17-38-9-4-5-10-38/h2-3,6-8,11-16,18-19,41H,4-5,9-10,17H2,1H3,(H2,33,35,36). The number of fused-ring (bicyclic) bond motifs is 2. The quantitative estimate of drug-likeness (QED) is 0.285. The van der Waals surface area contributed by atoms with Gasteiger partial charge in [-0.05, 0) is 74.8 Å². The van der Waals surface area contributed by atoms with E-state index in [9.17, 15) is 9.50 Å². The molecule has 1 aliphatic heterocycles. The summed E-state index contributed by atoms with van der Waals surface area (Å²) >= 11 is 0. The molecule has 206 valence electrons. The summed E-state index contributed by atoms with van der Waals surface area (Å²) in [7, 11) is 0. The molecule has 0 amide bonds. The highest BCUT2D eigenvalue weighted by Crippen LogP contribution is 2.38. The van der Waals surface area contributed by atoms with Crippen molar-refractivity contribution in [2.24, 2.45) is 0 Å². The van der Waals surface area contributed by atoms with Gasteiger partial charge in [0.05, 0.1) is 22.8 Å². The fraction of sp³-hybridized carbons (Fsp3) is 0.226. The summed E-state index contributed by atoms with van der Waals surface area (Å²) in [5.74, 6) is -0.553. The summed E-state index contributed by atoms with van der Waals surface area (Å²) in [6, 6.07) is 15.9. The Labute approximate surface area is 235 Å². The maximum atomic E-state index is 14.3. The molecule has 3 N–H and O–H groups in total. The van der Waals surface area contributed by atoms with Crippen molar-refractivity contribution in [2.75, 3.05) is 18.8 Å². The largest absolute Gasteiger partial charge is 0.508 e. The molecule has 1 atom stereocenters. The molecule has 0 aliphatic carbocycles. The molecule has 1 aliphatic rings. The fourth-order valence-electron chi connectivity index (χ4n) is 5.90. The van der Waals surface area contributed by atoms with Crippen LogP contribution in [0.3, 0.4) is 0 Å². The Morgan fingerprint density at radius 3 is 2.66 bits per heavy atom. The molecular weight excluding hydrogens is 519 g/mol. The minimum atomic E-state index is -0.577. The van der Waals surface area contributed by atoms with Crippen molar-refractivity contribution < 1.29 is 9.50 Å². The molecule has 0 spiro atoms. The number of aromatic nitrogens is 6. The number of pyridine rings is 2. The fourth-order valence-corrected chi connectivity index (χ4v) is 5.90. The summed E-state index contributed by atoms with van der Waals surface area (Å²) in [6.45, 7) is 5.22. The van der Waals surface area contributed by atoms with Gasteiger partial charge in [-0.3, -0.25) is 9.88 Å². The third-order valence-electron chi connectivity index (χ3n) is 7.87. The molecule has 6 heterocycles. The number of phenolic OH excluding ortho intramolecular Hbond substituents is 1. The normalized spacial score (nSPS) is 14.8. The zero-order valence-electron chi connectivity index (χ0n) is 22.6. The van der Waals surface area contributed by atoms with Crippen LogP contribution in [-0.4, -0.2) is 52.2 Å². The monoisotopic (exact) mass is 548 g/mol. The first-order valence-electron chi connectivity index (χ1n) is 13.7. The number of likely N-dealkylation sites (tertiary alicyclic amines) is 1. The highest BCUT2D eigenvalue weighted by Gasteiger charge is 2.25. The second-order valence-corrected chi connectivity index (χ2v) is 10.6. The van der Waals surface area contributed by atoms with E-state index in [1.807, 2.05) is 31.5 Å². The Morgan fingerprint density at radius 1 is 1.02 bits per heavy atom. The zero-order valence-corrected chi connectivity index (χ0v) is 22.6. The van der Waals surface area contributed by atoms with Gasteiger partial charge >= 0.3 is 0 Å². The number of halogens is 1. The van der Waals surface area contributed by atoms with Gasteiger partial charge in [0.1, 0.15) is 29.4 Å². The number of hydrogen-bond acceptors (Lipinski definition) is 7. The number of nitrogens with two attached hydrogens (primary N) is 1. The van der Waals surface area contributed by atoms with E-state index in [1.54, 1.807) is 4.68 Å². The molecule has 7 rings (SSSR count). The molecular formula is C31H29FN8O. The number of benzene rings is 1. The van der Waals surface area contributed by atoms with Crippen LogP contribution in [0.4, 0.5) is 10.2 Å². The van der Waals surface area contributed by atoms with Crippen LogP contribution < -0.4 is 5.73 Å². The van der Waals surface area contributed by atoms with Gasteiger partial charge in [0, 0.05) is 41.6 Å². The summed E-state index contributed by atoms with van der Waals surface area (Å²) < 4.78 is 18.2. The number of rotatable bonds is 6. The summed E-state index contributed by atoms with van der Waals surface area (Å²) in [4.78, 5) is 16.1. The zero-order chi connectivity index (χ0) is 28.1. The maximum Gasteiger partial charge on any atom is 0.164 e. The van der Waals surface area contributed by atoms with Crippen LogP contribution in [0.25, 0.3) is 39.2 Å². The third-order valence-corrected chi connectivity index (χ3v) is 7.87. The van der Waals surface area contributed by atoms with Crippen molar-refractivity contribution in [1.29, 1.82) is 0 Å². The summed E-state index contributed by atoms with van der Waals surface area (Å²) in [5.41, 5.74) is 12.6. The van der Waals surface area contributed by atoms with E-state index in [4.69, 9.17) is 15.8 Å². The van der Waals surface area contributed by atoms with Crippen LogP contribution in [0.1, 0.15) is 36.9 Å². The number of phenols is 1. The van der Waals surface area contributed by atoms with Gasteiger partial charge < -0.3 is 15.2 Å². The average Bonchev–Trinajstić information content (AvgIpc) is 3.71. The number of aromatic hydroxyl groups is 1. The van der Waals surface area contributed by atoms with Gasteiger partial charge in [-0.1, -0.05) is 12.1 Å². The lowest BCUT2D eigenvalue weighted by atomic mass is 10.1. The van der Waals surface area contributed by atoms with Crippen LogP contribution in [0.15, 0.2) is 73.3 Å². The van der Waals surface area contributed by atoms with Crippen molar-refractivity contribution in [3.63, 3.8) is 0 Å². The Balaban J connectivity index is 1.36. The van der Waals surface area contributed by atoms with E-state index in [0.717, 1.165) is 48.2 Å². The molecule has 1 fully saturated rings. The van der Waals surface area contributed by atoms with Gasteiger partial charge in [0.25, 0.3) is 0 Å². The van der Waals surface area contributed by atoms with Crippen LogP contribution in [0.2, 0.25) is 0 Å². The molecule has 6 aromatic rings. The van der Waals surface area contributed by atoms with Gasteiger partial charge in [-0.15, -0.1) is 0 Å². The molecule has 9 nitrogen and oxygen atoms in total. The van der Waals surface area contributed by atoms with E-state index >= 15 is 0 Å². The Kier molecular flexibility index (Phi) is 6.12. The number of nitrogen functional groups attached to an aromatic ring is 1. The van der Waals surface area contributed by atoms with Gasteiger partial charge in [-0.25, -0.2) is 19.0 Å². The predicted octanol–water partition coefficient (Wildman–Crippen LogP) is 5.44. The molecule has 5 aromatic heterocycles. The molecule has 0 saturated carbocycles. The van der Waals surface area contributed by atoms with Crippen molar-refractivity contribution in [3.8, 4) is 28.4 Å². The summed E-state index contributed by atoms with van der Waals surface area (Å²) in [5, 5.41) is 15.5. The average molecular weight is 549 g/mol. The minimum absolute atomic E-state index is 0.202. The number of nitrogens with zero attached hydrogens (tertiary/aromatic N) is 7. The van der Waals surface area contributed by atoms with E-state index < -0.39 is 5.82 Å². The number of hydrogen-bond donors (Lipinski definition) is 2. The minimum Gasteiger partial charge on any atom is -0.508 e. The first kappa shape index (κ1) is 25.2. The maximum absolute atomic E-state index is 14.3. The molecule has 0 radical (unpaired) electrons. The van der Waals surface area contributed by atoms with Crippen molar-refractivity contribution in [1.82, 2.24) is 34.0 Å². The van der Waals surface area contributed by atoms with Crippen LogP contribution in [0, 0.1) is 5.82 Å².